The Kier molecular flexibility index (Phi) is 2.98. The van der Waals surface area contributed by atoms with Crippen molar-refractivity contribution in [1.29, 1.82) is 0 Å². The average molecular weight is 271 g/mol. The predicted molar refractivity (Wildman–Crippen MR) is 63.9 cm³/mol. The van der Waals surface area contributed by atoms with Gasteiger partial charge in [0, 0.05) is 18.2 Å². The van der Waals surface area contributed by atoms with Crippen molar-refractivity contribution in [2.75, 3.05) is 18.5 Å². The summed E-state index contributed by atoms with van der Waals surface area (Å²) in [6.07, 6.45) is 4.06. The van der Waals surface area contributed by atoms with Crippen molar-refractivity contribution in [3.8, 4) is 0 Å². The van der Waals surface area contributed by atoms with Crippen LogP contribution in [0, 0.1) is 12.3 Å². The smallest absolute Gasteiger partial charge is 0.140 e. The van der Waals surface area contributed by atoms with Crippen LogP contribution >= 0.6 is 15.9 Å². The Balaban J connectivity index is 1.99. The Hall–Kier alpha value is -0.610. The number of hydrogen-bond acceptors (Lipinski definition) is 3. The van der Waals surface area contributed by atoms with Crippen molar-refractivity contribution in [3.05, 3.63) is 22.3 Å². The van der Waals surface area contributed by atoms with Crippen molar-refractivity contribution in [2.24, 2.45) is 5.41 Å². The summed E-state index contributed by atoms with van der Waals surface area (Å²) in [4.78, 5) is 4.30. The Labute approximate surface area is 98.0 Å². The van der Waals surface area contributed by atoms with Crippen LogP contribution in [0.3, 0.4) is 0 Å². The van der Waals surface area contributed by atoms with Crippen LogP contribution < -0.4 is 5.32 Å². The Morgan fingerprint density at radius 1 is 1.60 bits per heavy atom. The molecular weight excluding hydrogens is 256 g/mol. The summed E-state index contributed by atoms with van der Waals surface area (Å²) in [6, 6.07) is 2.04. The molecule has 0 saturated heterocycles. The lowest BCUT2D eigenvalue weighted by molar-refractivity contribution is 0.219. The monoisotopic (exact) mass is 270 g/mol. The standard InChI is InChI=1S/C11H15BrN2O/c1-8-4-9(12)10(13-5-8)14-6-11(7-15)2-3-11/h4-5,15H,2-3,6-7H2,1H3,(H,13,14). The Morgan fingerprint density at radius 3 is 2.87 bits per heavy atom. The molecule has 82 valence electrons. The van der Waals surface area contributed by atoms with E-state index in [1.54, 1.807) is 0 Å². The van der Waals surface area contributed by atoms with E-state index in [0.717, 1.165) is 35.2 Å². The highest BCUT2D eigenvalue weighted by atomic mass is 79.9. The fourth-order valence-electron chi connectivity index (χ4n) is 1.50. The molecule has 0 unspecified atom stereocenters. The summed E-state index contributed by atoms with van der Waals surface area (Å²) in [5.74, 6) is 0.861. The summed E-state index contributed by atoms with van der Waals surface area (Å²) < 4.78 is 0.983. The van der Waals surface area contributed by atoms with Gasteiger partial charge in [0.15, 0.2) is 0 Å². The quantitative estimate of drug-likeness (QED) is 0.883. The van der Waals surface area contributed by atoms with Crippen LogP contribution in [0.1, 0.15) is 18.4 Å². The van der Waals surface area contributed by atoms with Gasteiger partial charge in [0.1, 0.15) is 5.82 Å². The number of aliphatic hydroxyl groups excluding tert-OH is 1. The predicted octanol–water partition coefficient (Wildman–Crippen LogP) is 2.34. The molecule has 1 saturated carbocycles. The molecule has 0 aliphatic heterocycles. The van der Waals surface area contributed by atoms with Crippen LogP contribution in [0.15, 0.2) is 16.7 Å². The molecule has 0 amide bonds. The first-order chi connectivity index (χ1) is 7.15. The minimum absolute atomic E-state index is 0.117. The molecule has 1 aromatic heterocycles. The highest BCUT2D eigenvalue weighted by Gasteiger charge is 2.41. The van der Waals surface area contributed by atoms with Crippen molar-refractivity contribution < 1.29 is 5.11 Å². The van der Waals surface area contributed by atoms with Crippen LogP contribution in [-0.2, 0) is 0 Å². The zero-order valence-corrected chi connectivity index (χ0v) is 10.3. The Morgan fingerprint density at radius 2 is 2.33 bits per heavy atom. The summed E-state index contributed by atoms with van der Waals surface area (Å²) in [5, 5.41) is 12.5. The molecule has 4 heteroatoms. The minimum Gasteiger partial charge on any atom is -0.396 e. The summed E-state index contributed by atoms with van der Waals surface area (Å²) in [6.45, 7) is 3.08. The number of rotatable bonds is 4. The minimum atomic E-state index is 0.117. The van der Waals surface area contributed by atoms with E-state index in [4.69, 9.17) is 0 Å². The SMILES string of the molecule is Cc1cnc(NCC2(CO)CC2)c(Br)c1. The number of aromatic nitrogens is 1. The van der Waals surface area contributed by atoms with E-state index in [1.165, 1.54) is 0 Å². The molecular formula is C11H15BrN2O. The van der Waals surface area contributed by atoms with Crippen LogP contribution in [-0.4, -0.2) is 23.2 Å². The van der Waals surface area contributed by atoms with Gasteiger partial charge in [-0.2, -0.15) is 0 Å². The van der Waals surface area contributed by atoms with Gasteiger partial charge in [-0.15, -0.1) is 0 Å². The maximum Gasteiger partial charge on any atom is 0.140 e. The van der Waals surface area contributed by atoms with Gasteiger partial charge in [0.2, 0.25) is 0 Å². The molecule has 1 fully saturated rings. The largest absolute Gasteiger partial charge is 0.396 e. The maximum atomic E-state index is 9.18. The van der Waals surface area contributed by atoms with Gasteiger partial charge in [-0.1, -0.05) is 0 Å². The van der Waals surface area contributed by atoms with Crippen molar-refractivity contribution in [3.63, 3.8) is 0 Å². The molecule has 3 nitrogen and oxygen atoms in total. The van der Waals surface area contributed by atoms with E-state index in [1.807, 2.05) is 19.2 Å². The number of hydrogen-bond donors (Lipinski definition) is 2. The number of pyridine rings is 1. The fourth-order valence-corrected chi connectivity index (χ4v) is 2.11. The number of aryl methyl sites for hydroxylation is 1. The highest BCUT2D eigenvalue weighted by Crippen LogP contribution is 2.45. The van der Waals surface area contributed by atoms with E-state index in [2.05, 4.69) is 26.2 Å². The fraction of sp³-hybridized carbons (Fsp3) is 0.545. The summed E-state index contributed by atoms with van der Waals surface area (Å²) in [7, 11) is 0. The van der Waals surface area contributed by atoms with Crippen molar-refractivity contribution >= 4 is 21.7 Å². The molecule has 2 N–H and O–H groups in total. The molecule has 2 rings (SSSR count). The van der Waals surface area contributed by atoms with E-state index < -0.39 is 0 Å². The molecule has 0 spiro atoms. The number of halogens is 1. The number of aliphatic hydroxyl groups is 1. The highest BCUT2D eigenvalue weighted by molar-refractivity contribution is 9.10. The first-order valence-electron chi connectivity index (χ1n) is 5.12. The molecule has 0 aromatic carbocycles. The van der Waals surface area contributed by atoms with Crippen LogP contribution in [0.25, 0.3) is 0 Å². The first-order valence-corrected chi connectivity index (χ1v) is 5.91. The molecule has 0 radical (unpaired) electrons. The van der Waals surface area contributed by atoms with E-state index in [9.17, 15) is 5.11 Å². The number of nitrogens with one attached hydrogen (secondary N) is 1. The maximum absolute atomic E-state index is 9.18. The van der Waals surface area contributed by atoms with Gasteiger partial charge in [-0.05, 0) is 47.3 Å². The average Bonchev–Trinajstić information content (AvgIpc) is 2.97. The van der Waals surface area contributed by atoms with Gasteiger partial charge < -0.3 is 10.4 Å². The van der Waals surface area contributed by atoms with Gasteiger partial charge >= 0.3 is 0 Å². The molecule has 1 aliphatic rings. The molecule has 15 heavy (non-hydrogen) atoms. The van der Waals surface area contributed by atoms with Gasteiger partial charge in [0.25, 0.3) is 0 Å². The lowest BCUT2D eigenvalue weighted by Gasteiger charge is -2.14. The third-order valence-electron chi connectivity index (χ3n) is 2.90. The number of anilines is 1. The van der Waals surface area contributed by atoms with Gasteiger partial charge in [-0.25, -0.2) is 4.98 Å². The molecule has 1 heterocycles. The lowest BCUT2D eigenvalue weighted by Crippen LogP contribution is -2.19. The topological polar surface area (TPSA) is 45.2 Å². The normalized spacial score (nSPS) is 17.5. The molecule has 0 atom stereocenters. The zero-order valence-electron chi connectivity index (χ0n) is 8.76. The van der Waals surface area contributed by atoms with Crippen LogP contribution in [0.4, 0.5) is 5.82 Å². The molecule has 1 aromatic rings. The van der Waals surface area contributed by atoms with E-state index in [-0.39, 0.29) is 12.0 Å². The summed E-state index contributed by atoms with van der Waals surface area (Å²) >= 11 is 3.47. The summed E-state index contributed by atoms with van der Waals surface area (Å²) in [5.41, 5.74) is 1.25. The third-order valence-corrected chi connectivity index (χ3v) is 3.51. The third kappa shape index (κ3) is 2.49. The second kappa shape index (κ2) is 4.10. The van der Waals surface area contributed by atoms with Crippen LogP contribution in [0.2, 0.25) is 0 Å². The first kappa shape index (κ1) is 10.9. The van der Waals surface area contributed by atoms with E-state index in [0.29, 0.717) is 0 Å². The van der Waals surface area contributed by atoms with Gasteiger partial charge in [-0.3, -0.25) is 0 Å². The zero-order chi connectivity index (χ0) is 10.9. The second-order valence-electron chi connectivity index (χ2n) is 4.35. The van der Waals surface area contributed by atoms with Crippen molar-refractivity contribution in [1.82, 2.24) is 4.98 Å². The lowest BCUT2D eigenvalue weighted by atomic mass is 10.1. The Bertz CT molecular complexity index is 364. The number of nitrogens with zero attached hydrogens (tertiary/aromatic N) is 1. The molecule has 1 aliphatic carbocycles. The van der Waals surface area contributed by atoms with Gasteiger partial charge in [0.05, 0.1) is 11.1 Å². The van der Waals surface area contributed by atoms with Crippen molar-refractivity contribution in [2.45, 2.75) is 19.8 Å². The second-order valence-corrected chi connectivity index (χ2v) is 5.21. The molecule has 0 bridgehead atoms. The van der Waals surface area contributed by atoms with E-state index >= 15 is 0 Å². The van der Waals surface area contributed by atoms with Crippen LogP contribution in [0.5, 0.6) is 0 Å².